The molecule has 20 heavy (non-hydrogen) atoms. The highest BCUT2D eigenvalue weighted by Crippen LogP contribution is 2.14. The van der Waals surface area contributed by atoms with Crippen molar-refractivity contribution < 1.29 is 9.53 Å². The van der Waals surface area contributed by atoms with Crippen LogP contribution in [0.2, 0.25) is 0 Å². The summed E-state index contributed by atoms with van der Waals surface area (Å²) in [6.07, 6.45) is 1.12. The smallest absolute Gasteiger partial charge is 0.261 e. The fourth-order valence-electron chi connectivity index (χ4n) is 1.58. The summed E-state index contributed by atoms with van der Waals surface area (Å²) in [6, 6.07) is 8.22. The molecule has 1 aromatic carbocycles. The fourth-order valence-corrected chi connectivity index (χ4v) is 1.58. The molecule has 0 heterocycles. The SMILES string of the molecule is C=CCNC(=O)C(C)Oc1ccc(CNC(C)C)cc1. The van der Waals surface area contributed by atoms with Gasteiger partial charge in [0.1, 0.15) is 5.75 Å². The fraction of sp³-hybridized carbons (Fsp3) is 0.438. The van der Waals surface area contributed by atoms with Crippen LogP contribution in [-0.4, -0.2) is 24.6 Å². The summed E-state index contributed by atoms with van der Waals surface area (Å²) in [4.78, 5) is 11.7. The van der Waals surface area contributed by atoms with Crippen LogP contribution in [0.3, 0.4) is 0 Å². The second-order valence-corrected chi connectivity index (χ2v) is 4.97. The lowest BCUT2D eigenvalue weighted by atomic mass is 10.2. The van der Waals surface area contributed by atoms with Crippen LogP contribution < -0.4 is 15.4 Å². The molecule has 1 unspecified atom stereocenters. The van der Waals surface area contributed by atoms with Gasteiger partial charge in [-0.15, -0.1) is 6.58 Å². The number of ether oxygens (including phenoxy) is 1. The predicted molar refractivity (Wildman–Crippen MR) is 81.7 cm³/mol. The van der Waals surface area contributed by atoms with Gasteiger partial charge in [-0.25, -0.2) is 0 Å². The topological polar surface area (TPSA) is 50.4 Å². The first-order valence-corrected chi connectivity index (χ1v) is 6.90. The summed E-state index contributed by atoms with van der Waals surface area (Å²) < 4.78 is 5.59. The molecular weight excluding hydrogens is 252 g/mol. The van der Waals surface area contributed by atoms with Crippen LogP contribution in [0.15, 0.2) is 36.9 Å². The van der Waals surface area contributed by atoms with Crippen LogP contribution in [0.4, 0.5) is 0 Å². The highest BCUT2D eigenvalue weighted by Gasteiger charge is 2.13. The van der Waals surface area contributed by atoms with Crippen molar-refractivity contribution in [3.63, 3.8) is 0 Å². The number of benzene rings is 1. The van der Waals surface area contributed by atoms with Gasteiger partial charge in [0.2, 0.25) is 0 Å². The van der Waals surface area contributed by atoms with Gasteiger partial charge in [0.25, 0.3) is 5.91 Å². The minimum Gasteiger partial charge on any atom is -0.481 e. The maximum Gasteiger partial charge on any atom is 0.261 e. The molecule has 0 saturated heterocycles. The molecule has 0 aliphatic carbocycles. The molecule has 110 valence electrons. The quantitative estimate of drug-likeness (QED) is 0.716. The van der Waals surface area contributed by atoms with Crippen molar-refractivity contribution in [3.05, 3.63) is 42.5 Å². The van der Waals surface area contributed by atoms with Crippen molar-refractivity contribution in [2.45, 2.75) is 39.5 Å². The van der Waals surface area contributed by atoms with E-state index < -0.39 is 6.10 Å². The van der Waals surface area contributed by atoms with Crippen molar-refractivity contribution >= 4 is 5.91 Å². The van der Waals surface area contributed by atoms with Crippen LogP contribution in [0, 0.1) is 0 Å². The van der Waals surface area contributed by atoms with E-state index in [1.807, 2.05) is 24.3 Å². The maximum atomic E-state index is 11.7. The molecular formula is C16H24N2O2. The number of carbonyl (C=O) groups excluding carboxylic acids is 1. The zero-order valence-electron chi connectivity index (χ0n) is 12.5. The molecule has 1 atom stereocenters. The Kier molecular flexibility index (Phi) is 6.81. The Morgan fingerprint density at radius 2 is 1.95 bits per heavy atom. The minimum atomic E-state index is -0.519. The van der Waals surface area contributed by atoms with Gasteiger partial charge in [0, 0.05) is 19.1 Å². The van der Waals surface area contributed by atoms with Gasteiger partial charge in [-0.05, 0) is 24.6 Å². The predicted octanol–water partition coefficient (Wildman–Crippen LogP) is 2.25. The highest BCUT2D eigenvalue weighted by molar-refractivity contribution is 5.80. The van der Waals surface area contributed by atoms with Crippen molar-refractivity contribution in [1.29, 1.82) is 0 Å². The summed E-state index contributed by atoms with van der Waals surface area (Å²) in [5.74, 6) is 0.551. The van der Waals surface area contributed by atoms with Crippen LogP contribution in [0.25, 0.3) is 0 Å². The van der Waals surface area contributed by atoms with Crippen LogP contribution in [0.5, 0.6) is 5.75 Å². The van der Waals surface area contributed by atoms with Crippen LogP contribution >= 0.6 is 0 Å². The number of hydrogen-bond donors (Lipinski definition) is 2. The van der Waals surface area contributed by atoms with Gasteiger partial charge in [-0.1, -0.05) is 32.1 Å². The molecule has 0 aromatic heterocycles. The van der Waals surface area contributed by atoms with E-state index in [9.17, 15) is 4.79 Å². The molecule has 4 nitrogen and oxygen atoms in total. The zero-order chi connectivity index (χ0) is 15.0. The van der Waals surface area contributed by atoms with E-state index in [2.05, 4.69) is 31.1 Å². The maximum absolute atomic E-state index is 11.7. The van der Waals surface area contributed by atoms with Crippen LogP contribution in [-0.2, 0) is 11.3 Å². The molecule has 0 saturated carbocycles. The van der Waals surface area contributed by atoms with Gasteiger partial charge in [0.15, 0.2) is 6.10 Å². The number of carbonyl (C=O) groups is 1. The third kappa shape index (κ3) is 5.89. The molecule has 1 amide bonds. The van der Waals surface area contributed by atoms with E-state index in [0.29, 0.717) is 18.3 Å². The lowest BCUT2D eigenvalue weighted by Crippen LogP contribution is -2.36. The lowest BCUT2D eigenvalue weighted by molar-refractivity contribution is -0.127. The summed E-state index contributed by atoms with van der Waals surface area (Å²) >= 11 is 0. The van der Waals surface area contributed by atoms with E-state index in [1.165, 1.54) is 5.56 Å². The molecule has 0 aliphatic heterocycles. The van der Waals surface area contributed by atoms with Gasteiger partial charge < -0.3 is 15.4 Å². The zero-order valence-corrected chi connectivity index (χ0v) is 12.5. The van der Waals surface area contributed by atoms with Gasteiger partial charge >= 0.3 is 0 Å². The number of hydrogen-bond acceptors (Lipinski definition) is 3. The van der Waals surface area contributed by atoms with Gasteiger partial charge in [-0.3, -0.25) is 4.79 Å². The number of rotatable bonds is 8. The molecule has 0 fully saturated rings. The van der Waals surface area contributed by atoms with Crippen molar-refractivity contribution in [3.8, 4) is 5.75 Å². The molecule has 0 aliphatic rings. The second-order valence-electron chi connectivity index (χ2n) is 4.97. The van der Waals surface area contributed by atoms with E-state index in [1.54, 1.807) is 13.0 Å². The van der Waals surface area contributed by atoms with E-state index in [-0.39, 0.29) is 5.91 Å². The summed E-state index contributed by atoms with van der Waals surface area (Å²) in [7, 11) is 0. The average Bonchev–Trinajstić information content (AvgIpc) is 2.43. The van der Waals surface area contributed by atoms with Gasteiger partial charge in [0.05, 0.1) is 0 Å². The monoisotopic (exact) mass is 276 g/mol. The van der Waals surface area contributed by atoms with E-state index in [0.717, 1.165) is 6.54 Å². The summed E-state index contributed by atoms with van der Waals surface area (Å²) in [5, 5.41) is 6.05. The standard InChI is InChI=1S/C16H24N2O2/c1-5-10-17-16(19)13(4)20-15-8-6-14(7-9-15)11-18-12(2)3/h5-9,12-13,18H,1,10-11H2,2-4H3,(H,17,19). The van der Waals surface area contributed by atoms with Crippen LogP contribution in [0.1, 0.15) is 26.3 Å². The first kappa shape index (κ1) is 16.2. The average molecular weight is 276 g/mol. The third-order valence-electron chi connectivity index (χ3n) is 2.74. The first-order chi connectivity index (χ1) is 9.52. The Balaban J connectivity index is 2.48. The lowest BCUT2D eigenvalue weighted by Gasteiger charge is -2.14. The molecule has 0 radical (unpaired) electrons. The second kappa shape index (κ2) is 8.38. The van der Waals surface area contributed by atoms with Gasteiger partial charge in [-0.2, -0.15) is 0 Å². The summed E-state index contributed by atoms with van der Waals surface area (Å²) in [5.41, 5.74) is 1.19. The first-order valence-electron chi connectivity index (χ1n) is 6.90. The Bertz CT molecular complexity index is 427. The van der Waals surface area contributed by atoms with Crippen molar-refractivity contribution in [1.82, 2.24) is 10.6 Å². The summed E-state index contributed by atoms with van der Waals surface area (Å²) in [6.45, 7) is 10.8. The van der Waals surface area contributed by atoms with Crippen molar-refractivity contribution in [2.24, 2.45) is 0 Å². The van der Waals surface area contributed by atoms with E-state index in [4.69, 9.17) is 4.74 Å². The molecule has 4 heteroatoms. The Labute approximate surface area is 121 Å². The normalized spacial score (nSPS) is 12.0. The Hall–Kier alpha value is -1.81. The Morgan fingerprint density at radius 1 is 1.30 bits per heavy atom. The number of nitrogens with one attached hydrogen (secondary N) is 2. The van der Waals surface area contributed by atoms with E-state index >= 15 is 0 Å². The van der Waals surface area contributed by atoms with Crippen molar-refractivity contribution in [2.75, 3.05) is 6.54 Å². The highest BCUT2D eigenvalue weighted by atomic mass is 16.5. The minimum absolute atomic E-state index is 0.143. The molecule has 0 bridgehead atoms. The molecule has 0 spiro atoms. The molecule has 1 rings (SSSR count). The Morgan fingerprint density at radius 3 is 2.50 bits per heavy atom. The molecule has 1 aromatic rings. The number of amides is 1. The largest absolute Gasteiger partial charge is 0.481 e. The molecule has 2 N–H and O–H groups in total. The third-order valence-corrected chi connectivity index (χ3v) is 2.74.